The molecule has 0 aliphatic rings. The second-order valence-corrected chi connectivity index (χ2v) is 7.37. The van der Waals surface area contributed by atoms with Gasteiger partial charge in [-0.25, -0.2) is 0 Å². The van der Waals surface area contributed by atoms with Crippen molar-refractivity contribution >= 4 is 15.9 Å². The minimum atomic E-state index is 0.116. The molecule has 4 nitrogen and oxygen atoms in total. The summed E-state index contributed by atoms with van der Waals surface area (Å²) in [6.45, 7) is 7.09. The highest BCUT2D eigenvalue weighted by Crippen LogP contribution is 2.30. The van der Waals surface area contributed by atoms with Gasteiger partial charge < -0.3 is 10.3 Å². The Bertz CT molecular complexity index is 589. The minimum absolute atomic E-state index is 0.116. The SMILES string of the molecule is CC(C)(C)CC(CN)c1nc(Cc2ccccc2Br)no1. The zero-order chi connectivity index (χ0) is 15.5. The van der Waals surface area contributed by atoms with Crippen molar-refractivity contribution in [1.82, 2.24) is 10.1 Å². The van der Waals surface area contributed by atoms with Crippen LogP contribution < -0.4 is 5.73 Å². The van der Waals surface area contributed by atoms with E-state index in [0.717, 1.165) is 16.5 Å². The molecule has 0 fully saturated rings. The molecule has 1 unspecified atom stereocenters. The van der Waals surface area contributed by atoms with E-state index in [2.05, 4.69) is 52.9 Å². The van der Waals surface area contributed by atoms with Gasteiger partial charge in [0.1, 0.15) is 0 Å². The van der Waals surface area contributed by atoms with Crippen LogP contribution >= 0.6 is 15.9 Å². The highest BCUT2D eigenvalue weighted by molar-refractivity contribution is 9.10. The Kier molecular flexibility index (Phi) is 5.17. The van der Waals surface area contributed by atoms with E-state index in [1.165, 1.54) is 0 Å². The van der Waals surface area contributed by atoms with E-state index in [1.54, 1.807) is 0 Å². The van der Waals surface area contributed by atoms with Gasteiger partial charge >= 0.3 is 0 Å². The lowest BCUT2D eigenvalue weighted by Gasteiger charge is -2.22. The molecule has 1 heterocycles. The van der Waals surface area contributed by atoms with Crippen LogP contribution in [-0.4, -0.2) is 16.7 Å². The Morgan fingerprint density at radius 1 is 1.29 bits per heavy atom. The van der Waals surface area contributed by atoms with Crippen molar-refractivity contribution < 1.29 is 4.52 Å². The van der Waals surface area contributed by atoms with E-state index in [1.807, 2.05) is 18.2 Å². The molecule has 1 atom stereocenters. The van der Waals surface area contributed by atoms with Crippen molar-refractivity contribution in [2.45, 2.75) is 39.5 Å². The third kappa shape index (κ3) is 4.64. The summed E-state index contributed by atoms with van der Waals surface area (Å²) in [6.07, 6.45) is 1.58. The summed E-state index contributed by atoms with van der Waals surface area (Å²) in [5, 5.41) is 4.09. The third-order valence-electron chi connectivity index (χ3n) is 3.28. The summed E-state index contributed by atoms with van der Waals surface area (Å²) >= 11 is 3.54. The maximum atomic E-state index is 5.86. The number of benzene rings is 1. The molecule has 2 N–H and O–H groups in total. The van der Waals surface area contributed by atoms with Crippen LogP contribution in [0.15, 0.2) is 33.3 Å². The van der Waals surface area contributed by atoms with Crippen molar-refractivity contribution in [3.05, 3.63) is 46.0 Å². The molecule has 5 heteroatoms. The smallest absolute Gasteiger partial charge is 0.231 e. The van der Waals surface area contributed by atoms with Crippen LogP contribution in [0.25, 0.3) is 0 Å². The second kappa shape index (κ2) is 6.71. The zero-order valence-corrected chi connectivity index (χ0v) is 14.4. The topological polar surface area (TPSA) is 64.9 Å². The Hall–Kier alpha value is -1.20. The van der Waals surface area contributed by atoms with Gasteiger partial charge in [0.05, 0.1) is 5.92 Å². The van der Waals surface area contributed by atoms with E-state index in [-0.39, 0.29) is 11.3 Å². The van der Waals surface area contributed by atoms with Gasteiger partial charge in [-0.1, -0.05) is 60.1 Å². The maximum Gasteiger partial charge on any atom is 0.231 e. The van der Waals surface area contributed by atoms with Crippen molar-refractivity contribution in [2.75, 3.05) is 6.54 Å². The molecule has 0 aliphatic heterocycles. The summed E-state index contributed by atoms with van der Waals surface area (Å²) in [6, 6.07) is 8.06. The molecule has 0 aliphatic carbocycles. The normalized spacial score (nSPS) is 13.4. The summed E-state index contributed by atoms with van der Waals surface area (Å²) in [4.78, 5) is 4.52. The van der Waals surface area contributed by atoms with Crippen LogP contribution in [0, 0.1) is 5.41 Å². The molecular weight excluding hydrogens is 330 g/mol. The van der Waals surface area contributed by atoms with Crippen LogP contribution in [0.2, 0.25) is 0 Å². The van der Waals surface area contributed by atoms with E-state index >= 15 is 0 Å². The number of rotatable bonds is 5. The number of nitrogens with zero attached hydrogens (tertiary/aromatic N) is 2. The summed E-state index contributed by atoms with van der Waals surface area (Å²) in [5.41, 5.74) is 7.19. The van der Waals surface area contributed by atoms with E-state index in [4.69, 9.17) is 10.3 Å². The van der Waals surface area contributed by atoms with Crippen molar-refractivity contribution in [3.8, 4) is 0 Å². The minimum Gasteiger partial charge on any atom is -0.339 e. The fourth-order valence-corrected chi connectivity index (χ4v) is 2.75. The predicted octanol–water partition coefficient (Wildman–Crippen LogP) is 3.90. The molecule has 0 saturated heterocycles. The first-order valence-corrected chi connectivity index (χ1v) is 7.94. The maximum absolute atomic E-state index is 5.86. The molecule has 2 aromatic rings. The van der Waals surface area contributed by atoms with Gasteiger partial charge in [0.25, 0.3) is 0 Å². The molecule has 1 aromatic heterocycles. The van der Waals surface area contributed by atoms with Crippen molar-refractivity contribution in [2.24, 2.45) is 11.1 Å². The molecule has 0 saturated carbocycles. The van der Waals surface area contributed by atoms with Crippen LogP contribution in [0.4, 0.5) is 0 Å². The van der Waals surface area contributed by atoms with Gasteiger partial charge in [-0.05, 0) is 23.5 Å². The average Bonchev–Trinajstić information content (AvgIpc) is 2.86. The lowest BCUT2D eigenvalue weighted by atomic mass is 9.84. The van der Waals surface area contributed by atoms with E-state index in [0.29, 0.717) is 24.7 Å². The second-order valence-electron chi connectivity index (χ2n) is 6.51. The largest absolute Gasteiger partial charge is 0.339 e. The monoisotopic (exact) mass is 351 g/mol. The van der Waals surface area contributed by atoms with Crippen LogP contribution in [0.1, 0.15) is 50.4 Å². The quantitative estimate of drug-likeness (QED) is 0.886. The van der Waals surface area contributed by atoms with Crippen LogP contribution in [-0.2, 0) is 6.42 Å². The predicted molar refractivity (Wildman–Crippen MR) is 87.1 cm³/mol. The van der Waals surface area contributed by atoms with Crippen molar-refractivity contribution in [1.29, 1.82) is 0 Å². The molecule has 21 heavy (non-hydrogen) atoms. The van der Waals surface area contributed by atoms with Crippen molar-refractivity contribution in [3.63, 3.8) is 0 Å². The Labute approximate surface area is 134 Å². The van der Waals surface area contributed by atoms with Gasteiger partial charge in [-0.3, -0.25) is 0 Å². The lowest BCUT2D eigenvalue weighted by Crippen LogP contribution is -2.19. The molecule has 0 amide bonds. The molecule has 0 radical (unpaired) electrons. The number of nitrogens with two attached hydrogens (primary N) is 1. The number of halogens is 1. The highest BCUT2D eigenvalue weighted by Gasteiger charge is 2.24. The molecule has 1 aromatic carbocycles. The number of hydrogen-bond donors (Lipinski definition) is 1. The molecule has 2 rings (SSSR count). The highest BCUT2D eigenvalue weighted by atomic mass is 79.9. The Morgan fingerprint density at radius 2 is 2.00 bits per heavy atom. The Morgan fingerprint density at radius 3 is 2.62 bits per heavy atom. The fraction of sp³-hybridized carbons (Fsp3) is 0.500. The molecular formula is C16H22BrN3O. The molecule has 0 bridgehead atoms. The summed E-state index contributed by atoms with van der Waals surface area (Å²) < 4.78 is 6.48. The van der Waals surface area contributed by atoms with Gasteiger partial charge in [-0.15, -0.1) is 0 Å². The summed E-state index contributed by atoms with van der Waals surface area (Å²) in [5.74, 6) is 1.46. The average molecular weight is 352 g/mol. The third-order valence-corrected chi connectivity index (χ3v) is 4.06. The lowest BCUT2D eigenvalue weighted by molar-refractivity contribution is 0.286. The van der Waals surface area contributed by atoms with E-state index < -0.39 is 0 Å². The number of hydrogen-bond acceptors (Lipinski definition) is 4. The first-order valence-electron chi connectivity index (χ1n) is 7.15. The van der Waals surface area contributed by atoms with Gasteiger partial charge in [0.15, 0.2) is 5.82 Å². The van der Waals surface area contributed by atoms with Crippen LogP contribution in [0.3, 0.4) is 0 Å². The number of aromatic nitrogens is 2. The van der Waals surface area contributed by atoms with Crippen LogP contribution in [0.5, 0.6) is 0 Å². The molecule has 114 valence electrons. The standard InChI is InChI=1S/C16H22BrN3O/c1-16(2,3)9-12(10-18)15-19-14(20-21-15)8-11-6-4-5-7-13(11)17/h4-7,12H,8-10,18H2,1-3H3. The first-order chi connectivity index (χ1) is 9.89. The molecule has 0 spiro atoms. The fourth-order valence-electron chi connectivity index (χ4n) is 2.33. The summed E-state index contributed by atoms with van der Waals surface area (Å²) in [7, 11) is 0. The van der Waals surface area contributed by atoms with Gasteiger partial charge in [0, 0.05) is 17.4 Å². The first kappa shape index (κ1) is 16.2. The van der Waals surface area contributed by atoms with E-state index in [9.17, 15) is 0 Å². The zero-order valence-electron chi connectivity index (χ0n) is 12.8. The van der Waals surface area contributed by atoms with Gasteiger partial charge in [0.2, 0.25) is 5.89 Å². The van der Waals surface area contributed by atoms with Gasteiger partial charge in [-0.2, -0.15) is 4.98 Å². The Balaban J connectivity index is 2.12.